The zero-order valence-corrected chi connectivity index (χ0v) is 18.0. The van der Waals surface area contributed by atoms with Gasteiger partial charge in [0, 0.05) is 36.9 Å². The summed E-state index contributed by atoms with van der Waals surface area (Å²) >= 11 is 0. The zero-order valence-electron chi connectivity index (χ0n) is 16.4. The number of ether oxygens (including phenoxy) is 2. The predicted molar refractivity (Wildman–Crippen MR) is 115 cm³/mol. The summed E-state index contributed by atoms with van der Waals surface area (Å²) in [7, 11) is -0.796. The quantitative estimate of drug-likeness (QED) is 0.605. The Labute approximate surface area is 176 Å². The van der Waals surface area contributed by atoms with Crippen molar-refractivity contribution in [3.8, 4) is 11.5 Å². The second kappa shape index (κ2) is 8.51. The normalized spacial score (nSPS) is 14.5. The van der Waals surface area contributed by atoms with Gasteiger partial charge in [0.25, 0.3) is 10.0 Å². The van der Waals surface area contributed by atoms with E-state index in [2.05, 4.69) is 9.88 Å². The number of rotatable bonds is 5. The lowest BCUT2D eigenvalue weighted by molar-refractivity contribution is 0.354. The highest BCUT2D eigenvalue weighted by Crippen LogP contribution is 2.33. The molecule has 0 aliphatic carbocycles. The van der Waals surface area contributed by atoms with Crippen LogP contribution in [0, 0.1) is 0 Å². The van der Waals surface area contributed by atoms with Gasteiger partial charge in [-0.25, -0.2) is 17.4 Å². The number of aromatic nitrogens is 2. The van der Waals surface area contributed by atoms with Gasteiger partial charge in [0.15, 0.2) is 11.5 Å². The first-order valence-electron chi connectivity index (χ1n) is 9.25. The second-order valence-electron chi connectivity index (χ2n) is 6.75. The van der Waals surface area contributed by atoms with Crippen LogP contribution in [0.1, 0.15) is 19.3 Å². The Morgan fingerprint density at radius 1 is 0.966 bits per heavy atom. The Hall–Kier alpha value is -2.45. The van der Waals surface area contributed by atoms with Crippen molar-refractivity contribution in [3.05, 3.63) is 42.7 Å². The largest absolute Gasteiger partial charge is 0.493 e. The second-order valence-corrected chi connectivity index (χ2v) is 8.56. The van der Waals surface area contributed by atoms with Crippen LogP contribution in [0.2, 0.25) is 0 Å². The van der Waals surface area contributed by atoms with Gasteiger partial charge in [0.1, 0.15) is 5.82 Å². The number of nitrogens with zero attached hydrogens (tertiary/aromatic N) is 3. The van der Waals surface area contributed by atoms with Gasteiger partial charge in [0.05, 0.1) is 24.6 Å². The average Bonchev–Trinajstić information content (AvgIpc) is 3.19. The molecule has 1 aliphatic rings. The van der Waals surface area contributed by atoms with Gasteiger partial charge in [0.2, 0.25) is 0 Å². The maximum absolute atomic E-state index is 13.3. The van der Waals surface area contributed by atoms with Crippen LogP contribution in [-0.2, 0) is 10.0 Å². The molecule has 1 aliphatic heterocycles. The number of methoxy groups -OCH3 is 2. The third-order valence-electron chi connectivity index (χ3n) is 5.13. The van der Waals surface area contributed by atoms with Gasteiger partial charge in [-0.15, -0.1) is 12.4 Å². The zero-order chi connectivity index (χ0) is 19.7. The van der Waals surface area contributed by atoms with Gasteiger partial charge in [-0.3, -0.25) is 0 Å². The monoisotopic (exact) mass is 437 g/mol. The summed E-state index contributed by atoms with van der Waals surface area (Å²) in [5, 5.41) is 0.841. The van der Waals surface area contributed by atoms with Crippen LogP contribution in [0.4, 0.5) is 5.82 Å². The first-order valence-corrected chi connectivity index (χ1v) is 10.7. The van der Waals surface area contributed by atoms with Crippen molar-refractivity contribution in [2.45, 2.75) is 24.2 Å². The van der Waals surface area contributed by atoms with E-state index in [1.165, 1.54) is 36.7 Å². The Morgan fingerprint density at radius 3 is 2.38 bits per heavy atom. The maximum atomic E-state index is 13.3. The average molecular weight is 438 g/mol. The summed E-state index contributed by atoms with van der Waals surface area (Å²) in [5.41, 5.74) is 0.616. The molecule has 1 saturated heterocycles. The number of pyridine rings is 1. The first kappa shape index (κ1) is 21.3. The van der Waals surface area contributed by atoms with Crippen molar-refractivity contribution < 1.29 is 17.9 Å². The van der Waals surface area contributed by atoms with E-state index in [4.69, 9.17) is 9.47 Å². The lowest BCUT2D eigenvalue weighted by Crippen LogP contribution is -2.30. The summed E-state index contributed by atoms with van der Waals surface area (Å²) in [5.74, 6) is 1.70. The van der Waals surface area contributed by atoms with Gasteiger partial charge in [-0.1, -0.05) is 0 Å². The fourth-order valence-corrected chi connectivity index (χ4v) is 5.05. The summed E-state index contributed by atoms with van der Waals surface area (Å²) in [6.45, 7) is 1.89. The number of hydrogen-bond donors (Lipinski definition) is 0. The van der Waals surface area contributed by atoms with Crippen molar-refractivity contribution >= 4 is 39.2 Å². The Kier molecular flexibility index (Phi) is 6.24. The fourth-order valence-electron chi connectivity index (χ4n) is 3.68. The van der Waals surface area contributed by atoms with E-state index in [9.17, 15) is 8.42 Å². The molecule has 0 saturated carbocycles. The lowest BCUT2D eigenvalue weighted by atomic mass is 10.1. The van der Waals surface area contributed by atoms with E-state index in [-0.39, 0.29) is 17.3 Å². The molecule has 0 radical (unpaired) electrons. The molecule has 0 N–H and O–H groups in total. The number of halogens is 1. The van der Waals surface area contributed by atoms with Crippen LogP contribution in [0.15, 0.2) is 47.6 Å². The molecule has 1 aromatic carbocycles. The molecule has 9 heteroatoms. The highest BCUT2D eigenvalue weighted by atomic mass is 35.5. The smallest absolute Gasteiger partial charge is 0.268 e. The van der Waals surface area contributed by atoms with Crippen molar-refractivity contribution in [2.75, 3.05) is 32.2 Å². The Bertz CT molecular complexity index is 1110. The molecule has 0 bridgehead atoms. The first-order chi connectivity index (χ1) is 13.6. The van der Waals surface area contributed by atoms with Crippen LogP contribution in [-0.4, -0.2) is 44.7 Å². The van der Waals surface area contributed by atoms with Crippen LogP contribution >= 0.6 is 12.4 Å². The van der Waals surface area contributed by atoms with Gasteiger partial charge >= 0.3 is 0 Å². The summed E-state index contributed by atoms with van der Waals surface area (Å²) in [4.78, 5) is 6.90. The summed E-state index contributed by atoms with van der Waals surface area (Å²) < 4.78 is 38.4. The molecule has 0 spiro atoms. The van der Waals surface area contributed by atoms with Crippen molar-refractivity contribution in [1.29, 1.82) is 0 Å². The third kappa shape index (κ3) is 3.74. The minimum atomic E-state index is -3.79. The number of benzene rings is 1. The molecular weight excluding hydrogens is 414 g/mol. The molecule has 1 fully saturated rings. The van der Waals surface area contributed by atoms with E-state index < -0.39 is 10.0 Å². The van der Waals surface area contributed by atoms with Crippen LogP contribution in [0.3, 0.4) is 0 Å². The molecule has 4 rings (SSSR count). The molecule has 3 aromatic rings. The van der Waals surface area contributed by atoms with Crippen LogP contribution < -0.4 is 14.4 Å². The topological polar surface area (TPSA) is 73.7 Å². The van der Waals surface area contributed by atoms with E-state index in [1.807, 2.05) is 6.07 Å². The molecule has 0 amide bonds. The third-order valence-corrected chi connectivity index (χ3v) is 6.81. The minimum Gasteiger partial charge on any atom is -0.493 e. The van der Waals surface area contributed by atoms with Gasteiger partial charge in [-0.05, 0) is 43.5 Å². The van der Waals surface area contributed by atoms with Crippen molar-refractivity contribution in [1.82, 2.24) is 8.96 Å². The molecular formula is C20H24ClN3O4S. The molecule has 3 heterocycles. The Morgan fingerprint density at radius 2 is 1.69 bits per heavy atom. The molecule has 2 aromatic heterocycles. The van der Waals surface area contributed by atoms with E-state index in [1.54, 1.807) is 24.5 Å². The fraction of sp³-hybridized carbons (Fsp3) is 0.350. The van der Waals surface area contributed by atoms with Crippen LogP contribution in [0.5, 0.6) is 11.5 Å². The molecule has 7 nitrogen and oxygen atoms in total. The summed E-state index contributed by atoms with van der Waals surface area (Å²) in [6, 6.07) is 8.16. The number of fused-ring (bicyclic) bond motifs is 1. The standard InChI is InChI=1S/C20H23N3O4S.ClH/c1-26-18-7-6-15(14-19(18)27-2)28(24,25)23-13-9-16-17(23)8-10-21-20(16)22-11-4-3-5-12-22;/h6-10,13-14H,3-5,11-12H2,1-2H3;1H. The molecule has 0 unspecified atom stereocenters. The summed E-state index contributed by atoms with van der Waals surface area (Å²) in [6.07, 6.45) is 6.74. The van der Waals surface area contributed by atoms with E-state index in [0.717, 1.165) is 37.1 Å². The molecule has 0 atom stereocenters. The van der Waals surface area contributed by atoms with Crippen LogP contribution in [0.25, 0.3) is 10.9 Å². The molecule has 156 valence electrons. The highest BCUT2D eigenvalue weighted by molar-refractivity contribution is 7.90. The van der Waals surface area contributed by atoms with Crippen molar-refractivity contribution in [3.63, 3.8) is 0 Å². The van der Waals surface area contributed by atoms with E-state index >= 15 is 0 Å². The SMILES string of the molecule is COc1ccc(S(=O)(=O)n2ccc3c(N4CCCCC4)nccc32)cc1OC.Cl. The highest BCUT2D eigenvalue weighted by Gasteiger charge is 2.23. The van der Waals surface area contributed by atoms with Crippen molar-refractivity contribution in [2.24, 2.45) is 0 Å². The van der Waals surface area contributed by atoms with Gasteiger partial charge < -0.3 is 14.4 Å². The van der Waals surface area contributed by atoms with E-state index in [0.29, 0.717) is 17.0 Å². The van der Waals surface area contributed by atoms with Gasteiger partial charge in [-0.2, -0.15) is 0 Å². The predicted octanol–water partition coefficient (Wildman–Crippen LogP) is 3.70. The number of piperidine rings is 1. The lowest BCUT2D eigenvalue weighted by Gasteiger charge is -2.28. The Balaban J connectivity index is 0.00000240. The molecule has 29 heavy (non-hydrogen) atoms. The minimum absolute atomic E-state index is 0. The number of anilines is 1. The number of hydrogen-bond acceptors (Lipinski definition) is 6. The maximum Gasteiger partial charge on any atom is 0.268 e.